The normalized spacial score (nSPS) is 10.4. The lowest BCUT2D eigenvalue weighted by molar-refractivity contribution is 0.154. The zero-order chi connectivity index (χ0) is 12.8. The van der Waals surface area contributed by atoms with Crippen LogP contribution in [-0.4, -0.2) is 33.9 Å². The number of likely N-dealkylation sites (N-methyl/N-ethyl adjacent to an activating group) is 1. The summed E-state index contributed by atoms with van der Waals surface area (Å²) in [6.07, 6.45) is 0. The van der Waals surface area contributed by atoms with E-state index >= 15 is 0 Å². The van der Waals surface area contributed by atoms with Crippen molar-refractivity contribution >= 4 is 11.4 Å². The first kappa shape index (κ1) is 13.6. The second kappa shape index (κ2) is 6.30. The van der Waals surface area contributed by atoms with E-state index in [-0.39, 0.29) is 5.75 Å². The molecule has 17 heavy (non-hydrogen) atoms. The molecule has 5 heteroatoms. The molecule has 0 heterocycles. The average molecular weight is 242 g/mol. The van der Waals surface area contributed by atoms with Gasteiger partial charge in [0, 0.05) is 32.3 Å². The molecule has 0 aromatic heterocycles. The van der Waals surface area contributed by atoms with Crippen molar-refractivity contribution in [3.63, 3.8) is 0 Å². The third-order valence-electron chi connectivity index (χ3n) is 2.49. The predicted molar refractivity (Wildman–Crippen MR) is 67.1 cm³/mol. The van der Waals surface area contributed by atoms with Gasteiger partial charge in [0.25, 0.3) is 0 Å². The Hall–Kier alpha value is -1.49. The Kier molecular flexibility index (Phi) is 5.03. The third kappa shape index (κ3) is 3.49. The zero-order valence-electron chi connectivity index (χ0n) is 10.5. The van der Waals surface area contributed by atoms with Gasteiger partial charge in [-0.3, -0.25) is 0 Å². The molecule has 0 aliphatic rings. The standard InChI is InChI=1S/C12H19FN2O2/c1-4-17-6-5-15(2)11-8-12(16-3)9(13)7-10(11)14/h7-8H,4-6,14H2,1-3H3. The largest absolute Gasteiger partial charge is 0.494 e. The van der Waals surface area contributed by atoms with Crippen LogP contribution in [0, 0.1) is 5.82 Å². The monoisotopic (exact) mass is 242 g/mol. The van der Waals surface area contributed by atoms with E-state index in [1.165, 1.54) is 13.2 Å². The minimum Gasteiger partial charge on any atom is -0.494 e. The maximum Gasteiger partial charge on any atom is 0.167 e. The molecule has 1 aromatic rings. The van der Waals surface area contributed by atoms with Crippen molar-refractivity contribution in [2.45, 2.75) is 6.92 Å². The van der Waals surface area contributed by atoms with Gasteiger partial charge in [0.05, 0.1) is 25.1 Å². The number of hydrogen-bond donors (Lipinski definition) is 1. The molecule has 2 N–H and O–H groups in total. The fourth-order valence-corrected chi connectivity index (χ4v) is 1.51. The van der Waals surface area contributed by atoms with Gasteiger partial charge in [-0.2, -0.15) is 0 Å². The maximum atomic E-state index is 13.4. The van der Waals surface area contributed by atoms with Gasteiger partial charge in [-0.05, 0) is 6.92 Å². The summed E-state index contributed by atoms with van der Waals surface area (Å²) in [4.78, 5) is 1.91. The number of benzene rings is 1. The van der Waals surface area contributed by atoms with Crippen LogP contribution in [0.4, 0.5) is 15.8 Å². The Bertz CT molecular complexity index is 372. The molecule has 1 aromatic carbocycles. The Morgan fingerprint density at radius 2 is 2.12 bits per heavy atom. The molecular weight excluding hydrogens is 223 g/mol. The SMILES string of the molecule is CCOCCN(C)c1cc(OC)c(F)cc1N. The Balaban J connectivity index is 2.81. The van der Waals surface area contributed by atoms with Gasteiger partial charge in [0.2, 0.25) is 0 Å². The van der Waals surface area contributed by atoms with Crippen LogP contribution in [0.5, 0.6) is 5.75 Å². The Morgan fingerprint density at radius 3 is 2.71 bits per heavy atom. The first-order valence-electron chi connectivity index (χ1n) is 5.52. The summed E-state index contributed by atoms with van der Waals surface area (Å²) in [7, 11) is 3.31. The van der Waals surface area contributed by atoms with Crippen molar-refractivity contribution in [2.75, 3.05) is 44.5 Å². The highest BCUT2D eigenvalue weighted by atomic mass is 19.1. The highest BCUT2D eigenvalue weighted by molar-refractivity contribution is 5.69. The van der Waals surface area contributed by atoms with Crippen LogP contribution < -0.4 is 15.4 Å². The fourth-order valence-electron chi connectivity index (χ4n) is 1.51. The lowest BCUT2D eigenvalue weighted by Gasteiger charge is -2.21. The second-order valence-electron chi connectivity index (χ2n) is 3.66. The fraction of sp³-hybridized carbons (Fsp3) is 0.500. The molecule has 96 valence electrons. The number of anilines is 2. The minimum absolute atomic E-state index is 0.192. The highest BCUT2D eigenvalue weighted by Crippen LogP contribution is 2.30. The van der Waals surface area contributed by atoms with Gasteiger partial charge < -0.3 is 20.1 Å². The van der Waals surface area contributed by atoms with Crippen LogP contribution in [0.15, 0.2) is 12.1 Å². The molecule has 0 saturated carbocycles. The van der Waals surface area contributed by atoms with E-state index in [0.717, 1.165) is 5.69 Å². The highest BCUT2D eigenvalue weighted by Gasteiger charge is 2.11. The summed E-state index contributed by atoms with van der Waals surface area (Å²) < 4.78 is 23.5. The van der Waals surface area contributed by atoms with Crippen molar-refractivity contribution in [1.29, 1.82) is 0 Å². The van der Waals surface area contributed by atoms with Crippen LogP contribution in [0.2, 0.25) is 0 Å². The van der Waals surface area contributed by atoms with E-state index < -0.39 is 5.82 Å². The molecule has 0 radical (unpaired) electrons. The topological polar surface area (TPSA) is 47.7 Å². The van der Waals surface area contributed by atoms with Gasteiger partial charge in [-0.1, -0.05) is 0 Å². The van der Waals surface area contributed by atoms with Crippen LogP contribution in [0.25, 0.3) is 0 Å². The Labute approximate surface area is 101 Å². The molecule has 4 nitrogen and oxygen atoms in total. The van der Waals surface area contributed by atoms with Crippen molar-refractivity contribution in [3.8, 4) is 5.75 Å². The second-order valence-corrected chi connectivity index (χ2v) is 3.66. The summed E-state index contributed by atoms with van der Waals surface area (Å²) in [6, 6.07) is 2.86. The van der Waals surface area contributed by atoms with Crippen molar-refractivity contribution < 1.29 is 13.9 Å². The number of hydrogen-bond acceptors (Lipinski definition) is 4. The summed E-state index contributed by atoms with van der Waals surface area (Å²) in [5, 5.41) is 0. The molecular formula is C12H19FN2O2. The summed E-state index contributed by atoms with van der Waals surface area (Å²) in [5.74, 6) is -0.260. The number of nitrogens with zero attached hydrogens (tertiary/aromatic N) is 1. The number of nitrogens with two attached hydrogens (primary N) is 1. The molecule has 0 unspecified atom stereocenters. The van der Waals surface area contributed by atoms with Gasteiger partial charge in [0.1, 0.15) is 0 Å². The lowest BCUT2D eigenvalue weighted by atomic mass is 10.2. The van der Waals surface area contributed by atoms with E-state index in [2.05, 4.69) is 0 Å². The van der Waals surface area contributed by atoms with Crippen LogP contribution >= 0.6 is 0 Å². The van der Waals surface area contributed by atoms with Gasteiger partial charge >= 0.3 is 0 Å². The van der Waals surface area contributed by atoms with Crippen molar-refractivity contribution in [2.24, 2.45) is 0 Å². The number of nitrogen functional groups attached to an aromatic ring is 1. The number of methoxy groups -OCH3 is 1. The smallest absolute Gasteiger partial charge is 0.167 e. The van der Waals surface area contributed by atoms with Crippen LogP contribution in [-0.2, 0) is 4.74 Å². The molecule has 0 aliphatic heterocycles. The van der Waals surface area contributed by atoms with E-state index in [0.29, 0.717) is 25.4 Å². The van der Waals surface area contributed by atoms with Gasteiger partial charge in [-0.15, -0.1) is 0 Å². The van der Waals surface area contributed by atoms with Crippen molar-refractivity contribution in [1.82, 2.24) is 0 Å². The average Bonchev–Trinajstić information content (AvgIpc) is 2.29. The molecule has 0 spiro atoms. The van der Waals surface area contributed by atoms with E-state index in [9.17, 15) is 4.39 Å². The third-order valence-corrected chi connectivity index (χ3v) is 2.49. The molecule has 0 amide bonds. The van der Waals surface area contributed by atoms with E-state index in [1.54, 1.807) is 6.07 Å². The zero-order valence-corrected chi connectivity index (χ0v) is 10.5. The summed E-state index contributed by atoms with van der Waals surface area (Å²) in [5.41, 5.74) is 6.90. The minimum atomic E-state index is -0.452. The molecule has 0 atom stereocenters. The van der Waals surface area contributed by atoms with Gasteiger partial charge in [-0.25, -0.2) is 4.39 Å². The van der Waals surface area contributed by atoms with Crippen molar-refractivity contribution in [3.05, 3.63) is 17.9 Å². The number of ether oxygens (including phenoxy) is 2. The lowest BCUT2D eigenvalue weighted by Crippen LogP contribution is -2.23. The first-order chi connectivity index (χ1) is 8.10. The quantitative estimate of drug-likeness (QED) is 0.611. The van der Waals surface area contributed by atoms with E-state index in [1.807, 2.05) is 18.9 Å². The van der Waals surface area contributed by atoms with Crippen LogP contribution in [0.1, 0.15) is 6.92 Å². The summed E-state index contributed by atoms with van der Waals surface area (Å²) >= 11 is 0. The Morgan fingerprint density at radius 1 is 1.41 bits per heavy atom. The predicted octanol–water partition coefficient (Wildman–Crippen LogP) is 1.89. The van der Waals surface area contributed by atoms with Crippen LogP contribution in [0.3, 0.4) is 0 Å². The first-order valence-corrected chi connectivity index (χ1v) is 5.52. The number of halogens is 1. The molecule has 0 bridgehead atoms. The molecule has 1 rings (SSSR count). The maximum absolute atomic E-state index is 13.4. The van der Waals surface area contributed by atoms with Gasteiger partial charge in [0.15, 0.2) is 11.6 Å². The summed E-state index contributed by atoms with van der Waals surface area (Å²) in [6.45, 7) is 3.91. The number of rotatable bonds is 6. The van der Waals surface area contributed by atoms with E-state index in [4.69, 9.17) is 15.2 Å². The molecule has 0 saturated heterocycles. The molecule has 0 fully saturated rings. The molecule has 0 aliphatic carbocycles.